The van der Waals surface area contributed by atoms with Gasteiger partial charge in [-0.25, -0.2) is 0 Å². The molecule has 1 aliphatic carbocycles. The molecule has 1 saturated carbocycles. The number of hydrogen-bond acceptors (Lipinski definition) is 2. The first-order valence-electron chi connectivity index (χ1n) is 7.60. The topological polar surface area (TPSA) is 69.0 Å². The van der Waals surface area contributed by atoms with Crippen molar-refractivity contribution in [2.75, 3.05) is 6.54 Å². The summed E-state index contributed by atoms with van der Waals surface area (Å²) in [6, 6.07) is 8.42. The molecular formula is C16H23N3O. The van der Waals surface area contributed by atoms with Gasteiger partial charge in [-0.3, -0.25) is 0 Å². The summed E-state index contributed by atoms with van der Waals surface area (Å²) in [7, 11) is 0. The highest BCUT2D eigenvalue weighted by atomic mass is 16.3. The van der Waals surface area contributed by atoms with Gasteiger partial charge in [0.1, 0.15) is 0 Å². The smallest absolute Gasteiger partial charge is 0.0790 e. The Balaban J connectivity index is 1.88. The van der Waals surface area contributed by atoms with Gasteiger partial charge in [-0.05, 0) is 48.3 Å². The van der Waals surface area contributed by atoms with E-state index < -0.39 is 6.10 Å². The number of aliphatic hydroxyl groups excluding tert-OH is 1. The summed E-state index contributed by atoms with van der Waals surface area (Å²) < 4.78 is 0. The van der Waals surface area contributed by atoms with E-state index in [-0.39, 0.29) is 0 Å². The van der Waals surface area contributed by atoms with Gasteiger partial charge in [-0.1, -0.05) is 48.6 Å². The van der Waals surface area contributed by atoms with Crippen LogP contribution in [-0.4, -0.2) is 11.7 Å². The number of rotatable bonds is 6. The maximum atomic E-state index is 10.1. The fraction of sp³-hybridized carbons (Fsp3) is 0.625. The predicted octanol–water partition coefficient (Wildman–Crippen LogP) is 4.86. The molecule has 1 fully saturated rings. The minimum atomic E-state index is -0.454. The third-order valence-electron chi connectivity index (χ3n) is 4.20. The highest BCUT2D eigenvalue weighted by Crippen LogP contribution is 2.33. The average Bonchev–Trinajstić information content (AvgIpc) is 2.52. The SMILES string of the molecule is [N-]=[N+]=NCCCC(O)c1ccc(C2CCCCC2)cc1. The van der Waals surface area contributed by atoms with Gasteiger partial charge in [0.25, 0.3) is 0 Å². The van der Waals surface area contributed by atoms with E-state index in [9.17, 15) is 5.11 Å². The lowest BCUT2D eigenvalue weighted by Crippen LogP contribution is -2.05. The van der Waals surface area contributed by atoms with Crippen molar-refractivity contribution < 1.29 is 5.11 Å². The second-order valence-corrected chi connectivity index (χ2v) is 5.61. The fourth-order valence-electron chi connectivity index (χ4n) is 2.99. The van der Waals surface area contributed by atoms with Crippen molar-refractivity contribution >= 4 is 0 Å². The molecule has 0 radical (unpaired) electrons. The molecule has 1 aromatic carbocycles. The van der Waals surface area contributed by atoms with Crippen molar-refractivity contribution in [3.63, 3.8) is 0 Å². The van der Waals surface area contributed by atoms with E-state index in [0.29, 0.717) is 18.9 Å². The Labute approximate surface area is 120 Å². The van der Waals surface area contributed by atoms with Crippen LogP contribution in [-0.2, 0) is 0 Å². The Bertz CT molecular complexity index is 445. The highest BCUT2D eigenvalue weighted by Gasteiger charge is 2.15. The average molecular weight is 273 g/mol. The first-order valence-corrected chi connectivity index (χ1v) is 7.60. The predicted molar refractivity (Wildman–Crippen MR) is 80.5 cm³/mol. The van der Waals surface area contributed by atoms with Gasteiger partial charge < -0.3 is 5.11 Å². The summed E-state index contributed by atoms with van der Waals surface area (Å²) in [5.74, 6) is 0.708. The Kier molecular flexibility index (Phi) is 5.90. The molecule has 4 heteroatoms. The standard InChI is InChI=1S/C16H23N3O/c17-19-18-12-4-7-16(20)15-10-8-14(9-11-15)13-5-2-1-3-6-13/h8-11,13,16,20H,1-7,12H2. The number of azide groups is 1. The molecule has 108 valence electrons. The van der Waals surface area contributed by atoms with E-state index in [1.165, 1.54) is 37.7 Å². The summed E-state index contributed by atoms with van der Waals surface area (Å²) >= 11 is 0. The molecular weight excluding hydrogens is 250 g/mol. The molecule has 1 aromatic rings. The van der Waals surface area contributed by atoms with Crippen LogP contribution in [0.2, 0.25) is 0 Å². The van der Waals surface area contributed by atoms with Crippen LogP contribution in [0.5, 0.6) is 0 Å². The van der Waals surface area contributed by atoms with Crippen LogP contribution in [0.3, 0.4) is 0 Å². The molecule has 1 aliphatic rings. The molecule has 4 nitrogen and oxygen atoms in total. The molecule has 0 amide bonds. The van der Waals surface area contributed by atoms with Crippen molar-refractivity contribution in [1.29, 1.82) is 0 Å². The third kappa shape index (κ3) is 4.26. The highest BCUT2D eigenvalue weighted by molar-refractivity contribution is 5.27. The Morgan fingerprint density at radius 3 is 2.55 bits per heavy atom. The van der Waals surface area contributed by atoms with Crippen molar-refractivity contribution in [2.45, 2.75) is 57.0 Å². The maximum absolute atomic E-state index is 10.1. The van der Waals surface area contributed by atoms with Crippen LogP contribution in [0.4, 0.5) is 0 Å². The lowest BCUT2D eigenvalue weighted by Gasteiger charge is -2.22. The molecule has 0 heterocycles. The van der Waals surface area contributed by atoms with Gasteiger partial charge in [-0.2, -0.15) is 0 Å². The minimum Gasteiger partial charge on any atom is -0.388 e. The number of hydrogen-bond donors (Lipinski definition) is 1. The van der Waals surface area contributed by atoms with Crippen LogP contribution in [0, 0.1) is 0 Å². The Hall–Kier alpha value is -1.51. The fourth-order valence-corrected chi connectivity index (χ4v) is 2.99. The molecule has 0 spiro atoms. The lowest BCUT2D eigenvalue weighted by molar-refractivity contribution is 0.165. The van der Waals surface area contributed by atoms with Gasteiger partial charge in [0, 0.05) is 11.5 Å². The van der Waals surface area contributed by atoms with Crippen LogP contribution in [0.25, 0.3) is 10.4 Å². The van der Waals surface area contributed by atoms with Gasteiger partial charge in [-0.15, -0.1) is 0 Å². The summed E-state index contributed by atoms with van der Waals surface area (Å²) in [6.45, 7) is 0.452. The zero-order valence-corrected chi connectivity index (χ0v) is 11.9. The number of nitrogens with zero attached hydrogens (tertiary/aromatic N) is 3. The monoisotopic (exact) mass is 273 g/mol. The van der Waals surface area contributed by atoms with Crippen molar-refractivity contribution in [2.24, 2.45) is 5.11 Å². The molecule has 1 atom stereocenters. The second-order valence-electron chi connectivity index (χ2n) is 5.61. The Morgan fingerprint density at radius 1 is 1.20 bits per heavy atom. The van der Waals surface area contributed by atoms with Crippen molar-refractivity contribution in [3.8, 4) is 0 Å². The molecule has 20 heavy (non-hydrogen) atoms. The zero-order chi connectivity index (χ0) is 14.2. The summed E-state index contributed by atoms with van der Waals surface area (Å²) in [6.07, 6.45) is 7.56. The van der Waals surface area contributed by atoms with Crippen molar-refractivity contribution in [3.05, 3.63) is 45.8 Å². The number of aliphatic hydroxyl groups is 1. The molecule has 0 aromatic heterocycles. The van der Waals surface area contributed by atoms with E-state index in [0.717, 1.165) is 12.0 Å². The van der Waals surface area contributed by atoms with E-state index in [1.54, 1.807) is 0 Å². The first kappa shape index (κ1) is 14.9. The van der Waals surface area contributed by atoms with Crippen molar-refractivity contribution in [1.82, 2.24) is 0 Å². The summed E-state index contributed by atoms with van der Waals surface area (Å²) in [5, 5.41) is 13.6. The lowest BCUT2D eigenvalue weighted by atomic mass is 9.83. The van der Waals surface area contributed by atoms with Gasteiger partial charge in [0.05, 0.1) is 6.10 Å². The zero-order valence-electron chi connectivity index (χ0n) is 11.9. The molecule has 2 rings (SSSR count). The van der Waals surface area contributed by atoms with Gasteiger partial charge >= 0.3 is 0 Å². The van der Waals surface area contributed by atoms with E-state index in [1.807, 2.05) is 12.1 Å². The van der Waals surface area contributed by atoms with E-state index >= 15 is 0 Å². The van der Waals surface area contributed by atoms with Crippen LogP contribution in [0.1, 0.15) is 68.1 Å². The largest absolute Gasteiger partial charge is 0.388 e. The number of benzene rings is 1. The molecule has 1 unspecified atom stereocenters. The second kappa shape index (κ2) is 7.93. The minimum absolute atomic E-state index is 0.452. The third-order valence-corrected chi connectivity index (χ3v) is 4.20. The van der Waals surface area contributed by atoms with Crippen LogP contribution < -0.4 is 0 Å². The van der Waals surface area contributed by atoms with E-state index in [2.05, 4.69) is 22.2 Å². The van der Waals surface area contributed by atoms with Crippen LogP contribution in [0.15, 0.2) is 29.4 Å². The molecule has 1 N–H and O–H groups in total. The summed E-state index contributed by atoms with van der Waals surface area (Å²) in [4.78, 5) is 2.71. The van der Waals surface area contributed by atoms with E-state index in [4.69, 9.17) is 5.53 Å². The maximum Gasteiger partial charge on any atom is 0.0790 e. The van der Waals surface area contributed by atoms with Gasteiger partial charge in [0.2, 0.25) is 0 Å². The molecule has 0 bridgehead atoms. The summed E-state index contributed by atoms with van der Waals surface area (Å²) in [5.41, 5.74) is 10.6. The molecule has 0 aliphatic heterocycles. The van der Waals surface area contributed by atoms with Gasteiger partial charge in [0.15, 0.2) is 0 Å². The first-order chi connectivity index (χ1) is 9.81. The van der Waals surface area contributed by atoms with Crippen LogP contribution >= 0.6 is 0 Å². The normalized spacial score (nSPS) is 17.4. The molecule has 0 saturated heterocycles. The quantitative estimate of drug-likeness (QED) is 0.342. The Morgan fingerprint density at radius 2 is 1.90 bits per heavy atom.